The third kappa shape index (κ3) is 3.88. The van der Waals surface area contributed by atoms with E-state index < -0.39 is 34.9 Å². The molecule has 1 heterocycles. The number of aromatic amines is 1. The Kier molecular flexibility index (Phi) is 5.16. The lowest BCUT2D eigenvalue weighted by atomic mass is 10.1. The second kappa shape index (κ2) is 7.55. The number of benzene rings is 2. The largest absolute Gasteiger partial charge is 0.412 e. The lowest BCUT2D eigenvalue weighted by Gasteiger charge is -2.22. The van der Waals surface area contributed by atoms with Crippen molar-refractivity contribution in [3.63, 3.8) is 0 Å². The van der Waals surface area contributed by atoms with Gasteiger partial charge < -0.3 is 10.3 Å². The third-order valence-corrected chi connectivity index (χ3v) is 3.97. The van der Waals surface area contributed by atoms with Gasteiger partial charge in [-0.25, -0.2) is 9.36 Å². The molecule has 0 aliphatic carbocycles. The number of hydrogen-bond acceptors (Lipinski definition) is 3. The number of alkyl halides is 3. The van der Waals surface area contributed by atoms with Gasteiger partial charge in [-0.1, -0.05) is 48.5 Å². The molecule has 3 rings (SSSR count). The normalized spacial score (nSPS) is 12.4. The summed E-state index contributed by atoms with van der Waals surface area (Å²) in [4.78, 5) is 39.3. The van der Waals surface area contributed by atoms with Gasteiger partial charge in [0.25, 0.3) is 11.5 Å². The number of nitrogens with one attached hydrogen (secondary N) is 2. The van der Waals surface area contributed by atoms with Crippen molar-refractivity contribution in [3.05, 3.63) is 98.8 Å². The maximum absolute atomic E-state index is 13.4. The number of halogens is 3. The van der Waals surface area contributed by atoms with Crippen LogP contribution in [-0.4, -0.2) is 21.6 Å². The fraction of sp³-hybridized carbons (Fsp3) is 0.105. The minimum atomic E-state index is -4.78. The van der Waals surface area contributed by atoms with Crippen molar-refractivity contribution in [1.82, 2.24) is 14.9 Å². The van der Waals surface area contributed by atoms with Crippen LogP contribution in [0.15, 0.2) is 76.4 Å². The molecule has 6 nitrogen and oxygen atoms in total. The van der Waals surface area contributed by atoms with E-state index in [1.807, 2.05) is 5.32 Å². The summed E-state index contributed by atoms with van der Waals surface area (Å²) < 4.78 is 41.0. The Bertz CT molecular complexity index is 1090. The van der Waals surface area contributed by atoms with Crippen LogP contribution in [-0.2, 0) is 0 Å². The summed E-state index contributed by atoms with van der Waals surface area (Å²) in [5, 5.41) is 1.83. The second-order valence-corrected chi connectivity index (χ2v) is 5.84. The number of H-pyrrole nitrogens is 1. The molecule has 0 radical (unpaired) electrons. The number of para-hydroxylation sites is 1. The first-order valence-corrected chi connectivity index (χ1v) is 8.11. The maximum Gasteiger partial charge on any atom is 0.412 e. The Morgan fingerprint density at radius 3 is 2.11 bits per heavy atom. The quantitative estimate of drug-likeness (QED) is 0.719. The molecule has 1 atom stereocenters. The summed E-state index contributed by atoms with van der Waals surface area (Å²) in [5.74, 6) is -1.25. The van der Waals surface area contributed by atoms with Crippen LogP contribution in [0.1, 0.15) is 22.0 Å². The number of aromatic nitrogens is 2. The van der Waals surface area contributed by atoms with Gasteiger partial charge in [-0.05, 0) is 17.7 Å². The SMILES string of the molecule is O=C(N[C@@H](c1ccccc1)C(F)(F)F)c1c[nH]c(=O)n(-c2ccccc2)c1=O. The van der Waals surface area contributed by atoms with Crippen molar-refractivity contribution in [2.24, 2.45) is 0 Å². The zero-order valence-electron chi connectivity index (χ0n) is 14.2. The molecule has 0 unspecified atom stereocenters. The van der Waals surface area contributed by atoms with Gasteiger partial charge in [-0.2, -0.15) is 13.2 Å². The van der Waals surface area contributed by atoms with Crippen LogP contribution in [0.5, 0.6) is 0 Å². The molecular formula is C19H14F3N3O3. The van der Waals surface area contributed by atoms with Gasteiger partial charge in [-0.15, -0.1) is 0 Å². The summed E-state index contributed by atoms with van der Waals surface area (Å²) in [7, 11) is 0. The highest BCUT2D eigenvalue weighted by molar-refractivity contribution is 5.93. The van der Waals surface area contributed by atoms with Crippen LogP contribution in [0.25, 0.3) is 5.69 Å². The van der Waals surface area contributed by atoms with Gasteiger partial charge in [0.2, 0.25) is 0 Å². The van der Waals surface area contributed by atoms with Crippen LogP contribution in [0.3, 0.4) is 0 Å². The average molecular weight is 389 g/mol. The molecule has 9 heteroatoms. The van der Waals surface area contributed by atoms with Gasteiger partial charge in [0.1, 0.15) is 5.56 Å². The zero-order valence-corrected chi connectivity index (χ0v) is 14.2. The van der Waals surface area contributed by atoms with Crippen molar-refractivity contribution < 1.29 is 18.0 Å². The van der Waals surface area contributed by atoms with Crippen LogP contribution in [0.2, 0.25) is 0 Å². The first-order valence-electron chi connectivity index (χ1n) is 8.11. The van der Waals surface area contributed by atoms with Gasteiger partial charge >= 0.3 is 11.9 Å². The van der Waals surface area contributed by atoms with E-state index in [9.17, 15) is 27.6 Å². The number of amides is 1. The highest BCUT2D eigenvalue weighted by atomic mass is 19.4. The Morgan fingerprint density at radius 2 is 1.54 bits per heavy atom. The van der Waals surface area contributed by atoms with E-state index in [-0.39, 0.29) is 11.3 Å². The predicted octanol–water partition coefficient (Wildman–Crippen LogP) is 2.56. The fourth-order valence-corrected chi connectivity index (χ4v) is 2.66. The van der Waals surface area contributed by atoms with Gasteiger partial charge in [0.05, 0.1) is 5.69 Å². The van der Waals surface area contributed by atoms with Crippen molar-refractivity contribution in [2.75, 3.05) is 0 Å². The van der Waals surface area contributed by atoms with E-state index in [0.29, 0.717) is 4.57 Å². The highest BCUT2D eigenvalue weighted by Crippen LogP contribution is 2.32. The van der Waals surface area contributed by atoms with Gasteiger partial charge in [0.15, 0.2) is 6.04 Å². The topological polar surface area (TPSA) is 84.0 Å². The molecule has 0 saturated heterocycles. The lowest BCUT2D eigenvalue weighted by Crippen LogP contribution is -2.43. The number of carbonyl (C=O) groups excluding carboxylic acids is 1. The highest BCUT2D eigenvalue weighted by Gasteiger charge is 2.42. The summed E-state index contributed by atoms with van der Waals surface area (Å²) in [5.41, 5.74) is -2.46. The average Bonchev–Trinajstić information content (AvgIpc) is 2.66. The van der Waals surface area contributed by atoms with Gasteiger partial charge in [-0.3, -0.25) is 9.59 Å². The molecule has 0 spiro atoms. The number of carbonyl (C=O) groups is 1. The van der Waals surface area contributed by atoms with Crippen LogP contribution < -0.4 is 16.6 Å². The summed E-state index contributed by atoms with van der Waals surface area (Å²) in [6, 6.07) is 12.2. The molecule has 0 aliphatic rings. The first-order chi connectivity index (χ1) is 13.3. The minimum absolute atomic E-state index is 0.179. The van der Waals surface area contributed by atoms with Crippen LogP contribution in [0, 0.1) is 0 Å². The Labute approximate surface area is 156 Å². The molecule has 3 aromatic rings. The molecule has 144 valence electrons. The third-order valence-electron chi connectivity index (χ3n) is 3.97. The summed E-state index contributed by atoms with van der Waals surface area (Å²) in [6.07, 6.45) is -3.98. The van der Waals surface area contributed by atoms with E-state index in [1.54, 1.807) is 24.3 Å². The molecule has 0 saturated carbocycles. The van der Waals surface area contributed by atoms with Crippen molar-refractivity contribution in [3.8, 4) is 5.69 Å². The molecule has 28 heavy (non-hydrogen) atoms. The molecular weight excluding hydrogens is 375 g/mol. The second-order valence-electron chi connectivity index (χ2n) is 5.84. The molecule has 2 N–H and O–H groups in total. The summed E-state index contributed by atoms with van der Waals surface area (Å²) in [6.45, 7) is 0. The van der Waals surface area contributed by atoms with Crippen molar-refractivity contribution in [1.29, 1.82) is 0 Å². The molecule has 1 amide bonds. The fourth-order valence-electron chi connectivity index (χ4n) is 2.66. The summed E-state index contributed by atoms with van der Waals surface area (Å²) >= 11 is 0. The Hall–Kier alpha value is -3.62. The van der Waals surface area contributed by atoms with Gasteiger partial charge in [0, 0.05) is 6.20 Å². The molecule has 0 fully saturated rings. The van der Waals surface area contributed by atoms with E-state index >= 15 is 0 Å². The molecule has 0 bridgehead atoms. The monoisotopic (exact) mass is 389 g/mol. The number of hydrogen-bond donors (Lipinski definition) is 2. The standard InChI is InChI=1S/C19H14F3N3O3/c20-19(21,22)15(12-7-3-1-4-8-12)24-16(26)14-11-23-18(28)25(17(14)27)13-9-5-2-6-10-13/h1-11,15H,(H,23,28)(H,24,26)/t15-/m0/s1. The number of rotatable bonds is 4. The van der Waals surface area contributed by atoms with E-state index in [1.165, 1.54) is 36.4 Å². The number of nitrogens with zero attached hydrogens (tertiary/aromatic N) is 1. The van der Waals surface area contributed by atoms with E-state index in [4.69, 9.17) is 0 Å². The van der Waals surface area contributed by atoms with Crippen molar-refractivity contribution in [2.45, 2.75) is 12.2 Å². The Morgan fingerprint density at radius 1 is 0.964 bits per heavy atom. The van der Waals surface area contributed by atoms with Crippen molar-refractivity contribution >= 4 is 5.91 Å². The molecule has 1 aromatic heterocycles. The van der Waals surface area contributed by atoms with Crippen LogP contribution in [0.4, 0.5) is 13.2 Å². The molecule has 0 aliphatic heterocycles. The van der Waals surface area contributed by atoms with E-state index in [0.717, 1.165) is 6.20 Å². The smallest absolute Gasteiger partial charge is 0.336 e. The predicted molar refractivity (Wildman–Crippen MR) is 95.4 cm³/mol. The first kappa shape index (κ1) is 19.2. The van der Waals surface area contributed by atoms with Crippen LogP contribution >= 0.6 is 0 Å². The maximum atomic E-state index is 13.4. The van der Waals surface area contributed by atoms with E-state index in [2.05, 4.69) is 4.98 Å². The Balaban J connectivity index is 2.01. The minimum Gasteiger partial charge on any atom is -0.336 e. The zero-order chi connectivity index (χ0) is 20.3. The lowest BCUT2D eigenvalue weighted by molar-refractivity contribution is -0.155. The molecule has 2 aromatic carbocycles.